The van der Waals surface area contributed by atoms with Crippen LogP contribution in [-0.4, -0.2) is 37.5 Å². The molecule has 2 aromatic rings. The number of aromatic nitrogens is 4. The Morgan fingerprint density at radius 1 is 1.60 bits per heavy atom. The monoisotopic (exact) mass is 295 g/mol. The van der Waals surface area contributed by atoms with Crippen molar-refractivity contribution in [1.29, 1.82) is 0 Å². The van der Waals surface area contributed by atoms with Gasteiger partial charge in [0.1, 0.15) is 0 Å². The summed E-state index contributed by atoms with van der Waals surface area (Å²) in [4.78, 5) is 18.7. The Balaban J connectivity index is 1.76. The van der Waals surface area contributed by atoms with Crippen LogP contribution in [0.2, 0.25) is 5.28 Å². The molecule has 1 fully saturated rings. The van der Waals surface area contributed by atoms with Crippen molar-refractivity contribution in [1.82, 2.24) is 25.1 Å². The van der Waals surface area contributed by atoms with Gasteiger partial charge in [-0.2, -0.15) is 10.1 Å². The van der Waals surface area contributed by atoms with E-state index in [0.717, 1.165) is 29.6 Å². The largest absolute Gasteiger partial charge is 0.465 e. The molecule has 2 aromatic heterocycles. The number of hydrogen-bond donors (Lipinski definition) is 2. The van der Waals surface area contributed by atoms with Gasteiger partial charge in [-0.15, -0.1) is 0 Å². The van der Waals surface area contributed by atoms with Gasteiger partial charge >= 0.3 is 6.09 Å². The van der Waals surface area contributed by atoms with E-state index in [2.05, 4.69) is 20.4 Å². The highest BCUT2D eigenvalue weighted by Gasteiger charge is 2.32. The highest BCUT2D eigenvalue weighted by atomic mass is 35.5. The predicted molar refractivity (Wildman–Crippen MR) is 72.9 cm³/mol. The maximum Gasteiger partial charge on any atom is 0.404 e. The molecule has 2 N–H and O–H groups in total. The number of hydrogen-bond acceptors (Lipinski definition) is 4. The average Bonchev–Trinajstić information content (AvgIpc) is 2.64. The Labute approximate surface area is 120 Å². The van der Waals surface area contributed by atoms with Gasteiger partial charge in [-0.3, -0.25) is 0 Å². The molecule has 0 atom stereocenters. The maximum atomic E-state index is 10.5. The van der Waals surface area contributed by atoms with E-state index in [4.69, 9.17) is 16.7 Å². The van der Waals surface area contributed by atoms with E-state index in [1.165, 1.54) is 0 Å². The second kappa shape index (κ2) is 4.90. The molecule has 0 radical (unpaired) electrons. The zero-order valence-corrected chi connectivity index (χ0v) is 11.6. The molecule has 7 nitrogen and oxygen atoms in total. The Bertz CT molecular complexity index is 665. The molecule has 0 spiro atoms. The van der Waals surface area contributed by atoms with Gasteiger partial charge in [-0.25, -0.2) is 14.5 Å². The molecule has 1 saturated carbocycles. The van der Waals surface area contributed by atoms with Crippen LogP contribution in [-0.2, 0) is 0 Å². The SMILES string of the molecule is Cc1nn(C2CC(CNC(=O)O)C2)c2nc(Cl)ncc12. The van der Waals surface area contributed by atoms with Crippen LogP contribution in [0.5, 0.6) is 0 Å². The Morgan fingerprint density at radius 3 is 3.05 bits per heavy atom. The minimum atomic E-state index is -0.978. The number of carboxylic acid groups (broad SMARTS) is 1. The summed E-state index contributed by atoms with van der Waals surface area (Å²) in [5.74, 6) is 0.355. The van der Waals surface area contributed by atoms with Crippen LogP contribution in [0.4, 0.5) is 4.79 Å². The number of aryl methyl sites for hydroxylation is 1. The molecule has 0 unspecified atom stereocenters. The third-order valence-electron chi connectivity index (χ3n) is 3.70. The fourth-order valence-corrected chi connectivity index (χ4v) is 2.73. The molecule has 0 saturated heterocycles. The molecule has 106 valence electrons. The van der Waals surface area contributed by atoms with Crippen molar-refractivity contribution in [2.45, 2.75) is 25.8 Å². The summed E-state index contributed by atoms with van der Waals surface area (Å²) in [5, 5.41) is 16.6. The first-order valence-electron chi connectivity index (χ1n) is 6.38. The van der Waals surface area contributed by atoms with Crippen LogP contribution in [0.3, 0.4) is 0 Å². The lowest BCUT2D eigenvalue weighted by molar-refractivity contribution is 0.165. The summed E-state index contributed by atoms with van der Waals surface area (Å²) < 4.78 is 1.88. The van der Waals surface area contributed by atoms with Crippen LogP contribution >= 0.6 is 11.6 Å². The quantitative estimate of drug-likeness (QED) is 0.845. The second-order valence-corrected chi connectivity index (χ2v) is 5.42. The van der Waals surface area contributed by atoms with Crippen LogP contribution in [0.1, 0.15) is 24.6 Å². The average molecular weight is 296 g/mol. The van der Waals surface area contributed by atoms with Gasteiger partial charge in [0, 0.05) is 12.7 Å². The van der Waals surface area contributed by atoms with Gasteiger partial charge in [0.25, 0.3) is 0 Å². The Morgan fingerprint density at radius 2 is 2.35 bits per heavy atom. The number of halogens is 1. The van der Waals surface area contributed by atoms with Gasteiger partial charge in [0.2, 0.25) is 5.28 Å². The Kier molecular flexibility index (Phi) is 3.21. The van der Waals surface area contributed by atoms with Crippen molar-refractivity contribution in [2.24, 2.45) is 5.92 Å². The molecule has 0 aliphatic heterocycles. The maximum absolute atomic E-state index is 10.5. The van der Waals surface area contributed by atoms with Gasteiger partial charge < -0.3 is 10.4 Å². The first-order valence-corrected chi connectivity index (χ1v) is 6.76. The number of amides is 1. The molecule has 1 amide bonds. The fraction of sp³-hybridized carbons (Fsp3) is 0.500. The molecule has 0 aromatic carbocycles. The molecule has 20 heavy (non-hydrogen) atoms. The molecular weight excluding hydrogens is 282 g/mol. The van der Waals surface area contributed by atoms with Crippen LogP contribution in [0.15, 0.2) is 6.20 Å². The van der Waals surface area contributed by atoms with E-state index in [1.807, 2.05) is 11.6 Å². The van der Waals surface area contributed by atoms with E-state index < -0.39 is 6.09 Å². The van der Waals surface area contributed by atoms with E-state index in [-0.39, 0.29) is 11.3 Å². The van der Waals surface area contributed by atoms with Gasteiger partial charge in [0.15, 0.2) is 5.65 Å². The van der Waals surface area contributed by atoms with Gasteiger partial charge in [0.05, 0.1) is 17.1 Å². The lowest BCUT2D eigenvalue weighted by Crippen LogP contribution is -2.36. The number of nitrogens with zero attached hydrogens (tertiary/aromatic N) is 4. The summed E-state index contributed by atoms with van der Waals surface area (Å²) >= 11 is 5.84. The molecule has 8 heteroatoms. The van der Waals surface area contributed by atoms with Crippen LogP contribution in [0, 0.1) is 12.8 Å². The van der Waals surface area contributed by atoms with Crippen molar-refractivity contribution < 1.29 is 9.90 Å². The van der Waals surface area contributed by atoms with Crippen molar-refractivity contribution in [2.75, 3.05) is 6.54 Å². The molecular formula is C12H14ClN5O2. The zero-order chi connectivity index (χ0) is 14.3. The molecule has 0 bridgehead atoms. The number of nitrogens with one attached hydrogen (secondary N) is 1. The standard InChI is InChI=1S/C12H14ClN5O2/c1-6-9-5-14-11(13)16-10(9)18(17-6)8-2-7(3-8)4-15-12(19)20/h5,7-8,15H,2-4H2,1H3,(H,19,20). The van der Waals surface area contributed by atoms with Gasteiger partial charge in [-0.05, 0) is 37.3 Å². The van der Waals surface area contributed by atoms with Crippen molar-refractivity contribution in [3.8, 4) is 0 Å². The summed E-state index contributed by atoms with van der Waals surface area (Å²) in [6.07, 6.45) is 2.48. The lowest BCUT2D eigenvalue weighted by Gasteiger charge is -2.35. The summed E-state index contributed by atoms with van der Waals surface area (Å²) in [6, 6.07) is 0.248. The first kappa shape index (κ1) is 13.1. The highest BCUT2D eigenvalue weighted by molar-refractivity contribution is 6.28. The third kappa shape index (κ3) is 2.29. The third-order valence-corrected chi connectivity index (χ3v) is 3.88. The van der Waals surface area contributed by atoms with Crippen LogP contribution < -0.4 is 5.32 Å². The van der Waals surface area contributed by atoms with E-state index in [9.17, 15) is 4.79 Å². The minimum absolute atomic E-state index is 0.210. The van der Waals surface area contributed by atoms with E-state index >= 15 is 0 Å². The lowest BCUT2D eigenvalue weighted by atomic mass is 9.80. The predicted octanol–water partition coefficient (Wildman–Crippen LogP) is 2.01. The topological polar surface area (TPSA) is 92.9 Å². The second-order valence-electron chi connectivity index (χ2n) is 5.08. The minimum Gasteiger partial charge on any atom is -0.465 e. The molecule has 3 rings (SSSR count). The number of fused-ring (bicyclic) bond motifs is 1. The summed E-state index contributed by atoms with van der Waals surface area (Å²) in [5.41, 5.74) is 1.63. The van der Waals surface area contributed by atoms with Crippen molar-refractivity contribution in [3.05, 3.63) is 17.2 Å². The van der Waals surface area contributed by atoms with Crippen molar-refractivity contribution >= 4 is 28.7 Å². The smallest absolute Gasteiger partial charge is 0.404 e. The van der Waals surface area contributed by atoms with Gasteiger partial charge in [-0.1, -0.05) is 0 Å². The molecule has 1 aliphatic rings. The summed E-state index contributed by atoms with van der Waals surface area (Å²) in [7, 11) is 0. The summed E-state index contributed by atoms with van der Waals surface area (Å²) in [6.45, 7) is 2.40. The fourth-order valence-electron chi connectivity index (χ4n) is 2.60. The first-order chi connectivity index (χ1) is 9.54. The molecule has 1 aliphatic carbocycles. The number of carbonyl (C=O) groups is 1. The Hall–Kier alpha value is -1.89. The van der Waals surface area contributed by atoms with Crippen LogP contribution in [0.25, 0.3) is 11.0 Å². The van der Waals surface area contributed by atoms with E-state index in [1.54, 1.807) is 6.20 Å². The van der Waals surface area contributed by atoms with Crippen molar-refractivity contribution in [3.63, 3.8) is 0 Å². The zero-order valence-electron chi connectivity index (χ0n) is 10.9. The normalized spacial score (nSPS) is 21.7. The van der Waals surface area contributed by atoms with E-state index in [0.29, 0.717) is 12.5 Å². The molecule has 2 heterocycles. The number of rotatable bonds is 3. The highest BCUT2D eigenvalue weighted by Crippen LogP contribution is 2.38.